The van der Waals surface area contributed by atoms with Gasteiger partial charge < -0.3 is 15.1 Å². The zero-order chi connectivity index (χ0) is 17.8. The molecule has 0 aliphatic carbocycles. The minimum atomic E-state index is 0.342. The third-order valence-corrected chi connectivity index (χ3v) is 5.10. The SMILES string of the molecule is Cc1nn(C)c(N(C)C)c1CNC(CN1CCCC1)c1ccccc1. The fraction of sp³-hybridized carbons (Fsp3) is 0.550. The Morgan fingerprint density at radius 3 is 2.48 bits per heavy atom. The Bertz CT molecular complexity index is 671. The van der Waals surface area contributed by atoms with E-state index in [9.17, 15) is 0 Å². The number of nitrogens with one attached hydrogen (secondary N) is 1. The summed E-state index contributed by atoms with van der Waals surface area (Å²) in [5.41, 5.74) is 3.75. The van der Waals surface area contributed by atoms with E-state index in [1.807, 2.05) is 11.7 Å². The number of anilines is 1. The highest BCUT2D eigenvalue weighted by molar-refractivity contribution is 5.48. The summed E-state index contributed by atoms with van der Waals surface area (Å²) in [6.07, 6.45) is 2.65. The van der Waals surface area contributed by atoms with Gasteiger partial charge in [-0.05, 0) is 38.4 Å². The van der Waals surface area contributed by atoms with Gasteiger partial charge in [-0.25, -0.2) is 0 Å². The van der Waals surface area contributed by atoms with Crippen LogP contribution in [-0.2, 0) is 13.6 Å². The van der Waals surface area contributed by atoms with Gasteiger partial charge in [-0.15, -0.1) is 0 Å². The third-order valence-electron chi connectivity index (χ3n) is 5.10. The molecule has 0 spiro atoms. The molecule has 1 aromatic heterocycles. The first-order valence-corrected chi connectivity index (χ1v) is 9.26. The van der Waals surface area contributed by atoms with E-state index >= 15 is 0 Å². The Morgan fingerprint density at radius 2 is 1.84 bits per heavy atom. The molecule has 136 valence electrons. The van der Waals surface area contributed by atoms with Crippen molar-refractivity contribution in [2.24, 2.45) is 7.05 Å². The van der Waals surface area contributed by atoms with Gasteiger partial charge in [0.25, 0.3) is 0 Å². The molecule has 2 heterocycles. The second kappa shape index (κ2) is 8.02. The van der Waals surface area contributed by atoms with E-state index < -0.39 is 0 Å². The average molecular weight is 342 g/mol. The first-order chi connectivity index (χ1) is 12.1. The van der Waals surface area contributed by atoms with E-state index in [0.717, 1.165) is 18.8 Å². The molecule has 0 radical (unpaired) electrons. The van der Waals surface area contributed by atoms with Gasteiger partial charge in [0.1, 0.15) is 5.82 Å². The van der Waals surface area contributed by atoms with Crippen LogP contribution in [0.3, 0.4) is 0 Å². The maximum Gasteiger partial charge on any atom is 0.130 e. The number of nitrogens with zero attached hydrogens (tertiary/aromatic N) is 4. The van der Waals surface area contributed by atoms with Crippen molar-refractivity contribution in [3.8, 4) is 0 Å². The Labute approximate surface area is 151 Å². The van der Waals surface area contributed by atoms with Crippen LogP contribution in [0.15, 0.2) is 30.3 Å². The van der Waals surface area contributed by atoms with Crippen molar-refractivity contribution in [1.82, 2.24) is 20.0 Å². The summed E-state index contributed by atoms with van der Waals surface area (Å²) in [6, 6.07) is 11.2. The monoisotopic (exact) mass is 341 g/mol. The zero-order valence-corrected chi connectivity index (χ0v) is 16.0. The van der Waals surface area contributed by atoms with Gasteiger partial charge in [0.05, 0.1) is 5.69 Å². The van der Waals surface area contributed by atoms with Crippen molar-refractivity contribution < 1.29 is 0 Å². The molecule has 3 rings (SSSR count). The van der Waals surface area contributed by atoms with Crippen LogP contribution in [0, 0.1) is 6.92 Å². The fourth-order valence-corrected chi connectivity index (χ4v) is 3.88. The highest BCUT2D eigenvalue weighted by Crippen LogP contribution is 2.23. The van der Waals surface area contributed by atoms with Crippen LogP contribution in [0.4, 0.5) is 5.82 Å². The molecular formula is C20H31N5. The molecule has 1 atom stereocenters. The summed E-state index contributed by atoms with van der Waals surface area (Å²) in [6.45, 7) is 6.45. The van der Waals surface area contributed by atoms with E-state index in [0.29, 0.717) is 6.04 Å². The highest BCUT2D eigenvalue weighted by atomic mass is 15.4. The molecule has 5 nitrogen and oxygen atoms in total. The molecule has 0 saturated carbocycles. The topological polar surface area (TPSA) is 36.3 Å². The van der Waals surface area contributed by atoms with E-state index in [-0.39, 0.29) is 0 Å². The smallest absolute Gasteiger partial charge is 0.130 e. The number of aryl methyl sites for hydroxylation is 2. The van der Waals surface area contributed by atoms with Gasteiger partial charge in [-0.2, -0.15) is 5.10 Å². The van der Waals surface area contributed by atoms with Crippen molar-refractivity contribution in [2.75, 3.05) is 38.6 Å². The lowest BCUT2D eigenvalue weighted by Crippen LogP contribution is -2.33. The molecule has 0 amide bonds. The summed E-state index contributed by atoms with van der Waals surface area (Å²) in [5.74, 6) is 1.18. The second-order valence-electron chi connectivity index (χ2n) is 7.26. The Kier molecular flexibility index (Phi) is 5.76. The van der Waals surface area contributed by atoms with Crippen LogP contribution in [-0.4, -0.2) is 48.4 Å². The minimum Gasteiger partial charge on any atom is -0.363 e. The lowest BCUT2D eigenvalue weighted by molar-refractivity contribution is 0.291. The molecule has 1 aliphatic rings. The average Bonchev–Trinajstić information content (AvgIpc) is 3.19. The molecule has 1 aromatic carbocycles. The van der Waals surface area contributed by atoms with Crippen LogP contribution in [0.25, 0.3) is 0 Å². The van der Waals surface area contributed by atoms with Crippen molar-refractivity contribution in [2.45, 2.75) is 32.4 Å². The number of aromatic nitrogens is 2. The molecule has 0 bridgehead atoms. The summed E-state index contributed by atoms with van der Waals surface area (Å²) in [5, 5.41) is 8.42. The molecule has 1 fully saturated rings. The molecule has 5 heteroatoms. The van der Waals surface area contributed by atoms with Gasteiger partial charge in [-0.3, -0.25) is 4.68 Å². The zero-order valence-electron chi connectivity index (χ0n) is 16.0. The summed E-state index contributed by atoms with van der Waals surface area (Å²) >= 11 is 0. The standard InChI is InChI=1S/C20H31N5/c1-16-18(20(23(2)3)24(4)22-16)14-21-19(15-25-12-8-9-13-25)17-10-6-5-7-11-17/h5-7,10-11,19,21H,8-9,12-15H2,1-4H3. The molecule has 1 aliphatic heterocycles. The van der Waals surface area contributed by atoms with Crippen LogP contribution >= 0.6 is 0 Å². The van der Waals surface area contributed by atoms with Crippen LogP contribution in [0.5, 0.6) is 0 Å². The highest BCUT2D eigenvalue weighted by Gasteiger charge is 2.21. The lowest BCUT2D eigenvalue weighted by atomic mass is 10.1. The van der Waals surface area contributed by atoms with Crippen LogP contribution in [0.2, 0.25) is 0 Å². The predicted octanol–water partition coefficient (Wildman–Crippen LogP) is 2.72. The van der Waals surface area contributed by atoms with Crippen molar-refractivity contribution in [3.05, 3.63) is 47.2 Å². The number of hydrogen-bond donors (Lipinski definition) is 1. The number of hydrogen-bond acceptors (Lipinski definition) is 4. The maximum absolute atomic E-state index is 4.61. The Balaban J connectivity index is 1.77. The normalized spacial score (nSPS) is 16.3. The molecule has 1 saturated heterocycles. The number of likely N-dealkylation sites (tertiary alicyclic amines) is 1. The van der Waals surface area contributed by atoms with Gasteiger partial charge >= 0.3 is 0 Å². The lowest BCUT2D eigenvalue weighted by Gasteiger charge is -2.25. The van der Waals surface area contributed by atoms with Gasteiger partial charge in [0.2, 0.25) is 0 Å². The third kappa shape index (κ3) is 4.22. The van der Waals surface area contributed by atoms with Gasteiger partial charge in [-0.1, -0.05) is 30.3 Å². The van der Waals surface area contributed by atoms with Crippen LogP contribution < -0.4 is 10.2 Å². The van der Waals surface area contributed by atoms with Crippen molar-refractivity contribution in [1.29, 1.82) is 0 Å². The molecule has 1 unspecified atom stereocenters. The van der Waals surface area contributed by atoms with Crippen LogP contribution in [0.1, 0.15) is 35.7 Å². The first-order valence-electron chi connectivity index (χ1n) is 9.26. The largest absolute Gasteiger partial charge is 0.363 e. The van der Waals surface area contributed by atoms with Crippen molar-refractivity contribution >= 4 is 5.82 Å². The van der Waals surface area contributed by atoms with Crippen molar-refractivity contribution in [3.63, 3.8) is 0 Å². The molecular weight excluding hydrogens is 310 g/mol. The molecule has 1 N–H and O–H groups in total. The minimum absolute atomic E-state index is 0.342. The van der Waals surface area contributed by atoms with Gasteiger partial charge in [0.15, 0.2) is 0 Å². The van der Waals surface area contributed by atoms with Gasteiger partial charge in [0, 0.05) is 45.8 Å². The summed E-state index contributed by atoms with van der Waals surface area (Å²) in [4.78, 5) is 4.72. The quantitative estimate of drug-likeness (QED) is 0.840. The summed E-state index contributed by atoms with van der Waals surface area (Å²) in [7, 11) is 6.18. The van der Waals surface area contributed by atoms with E-state index in [1.54, 1.807) is 0 Å². The Morgan fingerprint density at radius 1 is 1.16 bits per heavy atom. The number of rotatable bonds is 7. The molecule has 2 aromatic rings. The second-order valence-corrected chi connectivity index (χ2v) is 7.26. The van der Waals surface area contributed by atoms with E-state index in [4.69, 9.17) is 0 Å². The first kappa shape index (κ1) is 18.0. The van der Waals surface area contributed by atoms with E-state index in [2.05, 4.69) is 71.6 Å². The predicted molar refractivity (Wildman–Crippen MR) is 104 cm³/mol. The number of benzene rings is 1. The fourth-order valence-electron chi connectivity index (χ4n) is 3.88. The van der Waals surface area contributed by atoms with E-state index in [1.165, 1.54) is 42.9 Å². The molecule has 25 heavy (non-hydrogen) atoms. The Hall–Kier alpha value is -1.85. The maximum atomic E-state index is 4.61. The summed E-state index contributed by atoms with van der Waals surface area (Å²) < 4.78 is 1.98.